The fraction of sp³-hybridized carbons (Fsp3) is 0.538. The van der Waals surface area contributed by atoms with E-state index in [2.05, 4.69) is 51.2 Å². The summed E-state index contributed by atoms with van der Waals surface area (Å²) in [5, 5.41) is 0. The molecule has 18 heavy (non-hydrogen) atoms. The maximum Gasteiger partial charge on any atom is 0.202 e. The van der Waals surface area contributed by atoms with Crippen LogP contribution in [0.4, 0.5) is 5.95 Å². The minimum atomic E-state index is 0.318. The lowest BCUT2D eigenvalue weighted by atomic mass is 9.95. The van der Waals surface area contributed by atoms with E-state index in [0.717, 1.165) is 28.5 Å². The summed E-state index contributed by atoms with van der Waals surface area (Å²) in [6.07, 6.45) is 4.06. The Morgan fingerprint density at radius 3 is 2.67 bits per heavy atom. The van der Waals surface area contributed by atoms with Crippen LogP contribution in [0.5, 0.6) is 0 Å². The first kappa shape index (κ1) is 13.3. The monoisotopic (exact) mass is 310 g/mol. The van der Waals surface area contributed by atoms with E-state index in [1.807, 2.05) is 6.07 Å². The number of hydrogen-bond acceptors (Lipinski definition) is 3. The third kappa shape index (κ3) is 2.23. The van der Waals surface area contributed by atoms with Gasteiger partial charge in [0.25, 0.3) is 0 Å². The number of pyridine rings is 1. The molecular formula is C13H19BrN4. The van der Waals surface area contributed by atoms with Crippen LogP contribution in [-0.4, -0.2) is 14.5 Å². The lowest BCUT2D eigenvalue weighted by Gasteiger charge is -2.23. The summed E-state index contributed by atoms with van der Waals surface area (Å²) >= 11 is 3.41. The van der Waals surface area contributed by atoms with E-state index in [1.54, 1.807) is 6.20 Å². The lowest BCUT2D eigenvalue weighted by Crippen LogP contribution is -2.17. The molecular weight excluding hydrogens is 292 g/mol. The highest BCUT2D eigenvalue weighted by Crippen LogP contribution is 2.30. The third-order valence-electron chi connectivity index (χ3n) is 3.66. The Kier molecular flexibility index (Phi) is 3.90. The molecule has 1 unspecified atom stereocenters. The minimum Gasteiger partial charge on any atom is -0.369 e. The average Bonchev–Trinajstić information content (AvgIpc) is 2.65. The van der Waals surface area contributed by atoms with Crippen LogP contribution in [0.25, 0.3) is 11.2 Å². The van der Waals surface area contributed by atoms with E-state index in [1.165, 1.54) is 0 Å². The summed E-state index contributed by atoms with van der Waals surface area (Å²) in [5.74, 6) is 1.14. The van der Waals surface area contributed by atoms with Crippen molar-refractivity contribution in [2.24, 2.45) is 5.92 Å². The fourth-order valence-electron chi connectivity index (χ4n) is 2.56. The van der Waals surface area contributed by atoms with Gasteiger partial charge in [-0.05, 0) is 34.8 Å². The quantitative estimate of drug-likeness (QED) is 0.935. The molecule has 0 aliphatic rings. The zero-order valence-corrected chi connectivity index (χ0v) is 12.6. The zero-order chi connectivity index (χ0) is 13.3. The lowest BCUT2D eigenvalue weighted by molar-refractivity contribution is 0.341. The Morgan fingerprint density at radius 2 is 2.06 bits per heavy atom. The van der Waals surface area contributed by atoms with Crippen LogP contribution in [-0.2, 0) is 0 Å². The van der Waals surface area contributed by atoms with E-state index in [4.69, 9.17) is 5.73 Å². The second kappa shape index (κ2) is 5.26. The number of halogens is 1. The van der Waals surface area contributed by atoms with Gasteiger partial charge in [-0.2, -0.15) is 0 Å². The van der Waals surface area contributed by atoms with Crippen molar-refractivity contribution in [2.75, 3.05) is 5.73 Å². The van der Waals surface area contributed by atoms with Crippen LogP contribution in [0, 0.1) is 5.92 Å². The van der Waals surface area contributed by atoms with Crippen molar-refractivity contribution in [2.45, 2.75) is 39.7 Å². The van der Waals surface area contributed by atoms with Crippen LogP contribution >= 0.6 is 15.9 Å². The van der Waals surface area contributed by atoms with Gasteiger partial charge in [0.2, 0.25) is 5.95 Å². The number of imidazole rings is 1. The number of nitrogens with two attached hydrogens (primary N) is 1. The fourth-order valence-corrected chi connectivity index (χ4v) is 2.88. The molecule has 0 saturated carbocycles. The molecule has 0 spiro atoms. The molecule has 2 rings (SSSR count). The van der Waals surface area contributed by atoms with Crippen molar-refractivity contribution < 1.29 is 0 Å². The molecule has 2 aromatic rings. The molecule has 0 aliphatic heterocycles. The molecule has 0 aliphatic carbocycles. The van der Waals surface area contributed by atoms with Crippen molar-refractivity contribution >= 4 is 33.0 Å². The maximum atomic E-state index is 6.05. The molecule has 2 aromatic heterocycles. The Morgan fingerprint density at radius 1 is 1.39 bits per heavy atom. The predicted octanol–water partition coefficient (Wildman–Crippen LogP) is 3.77. The van der Waals surface area contributed by atoms with Crippen LogP contribution in [0.1, 0.15) is 39.7 Å². The van der Waals surface area contributed by atoms with Gasteiger partial charge in [0, 0.05) is 16.7 Å². The number of aromatic nitrogens is 3. The molecule has 98 valence electrons. The van der Waals surface area contributed by atoms with Crippen molar-refractivity contribution in [3.05, 3.63) is 16.7 Å². The molecule has 0 fully saturated rings. The first-order valence-electron chi connectivity index (χ1n) is 6.37. The highest BCUT2D eigenvalue weighted by Gasteiger charge is 2.21. The second-order valence-corrected chi connectivity index (χ2v) is 5.57. The molecule has 2 N–H and O–H groups in total. The van der Waals surface area contributed by atoms with Crippen molar-refractivity contribution in [1.82, 2.24) is 14.5 Å². The molecule has 0 saturated heterocycles. The van der Waals surface area contributed by atoms with Gasteiger partial charge < -0.3 is 5.73 Å². The Labute approximate surface area is 116 Å². The summed E-state index contributed by atoms with van der Waals surface area (Å²) in [6, 6.07) is 2.27. The number of nitrogens with zero attached hydrogens (tertiary/aromatic N) is 3. The summed E-state index contributed by atoms with van der Waals surface area (Å²) < 4.78 is 2.98. The largest absolute Gasteiger partial charge is 0.369 e. The van der Waals surface area contributed by atoms with Gasteiger partial charge in [-0.15, -0.1) is 0 Å². The number of fused-ring (bicyclic) bond motifs is 1. The number of rotatable bonds is 4. The highest BCUT2D eigenvalue weighted by molar-refractivity contribution is 9.10. The van der Waals surface area contributed by atoms with Gasteiger partial charge in [0.05, 0.1) is 0 Å². The maximum absolute atomic E-state index is 6.05. The Hall–Kier alpha value is -1.10. The van der Waals surface area contributed by atoms with Gasteiger partial charge >= 0.3 is 0 Å². The first-order chi connectivity index (χ1) is 8.58. The van der Waals surface area contributed by atoms with E-state index in [9.17, 15) is 0 Å². The second-order valence-electron chi connectivity index (χ2n) is 4.65. The number of nitrogen functional groups attached to an aromatic ring is 1. The molecule has 0 bridgehead atoms. The zero-order valence-electron chi connectivity index (χ0n) is 11.0. The van der Waals surface area contributed by atoms with Gasteiger partial charge in [0.1, 0.15) is 5.52 Å². The van der Waals surface area contributed by atoms with E-state index in [-0.39, 0.29) is 0 Å². The standard InChI is InChI=1S/C13H19BrN4/c1-4-9(5-2)8(3)18-12-11(17-13(18)15)6-10(14)7-16-12/h6-9H,4-5H2,1-3H3,(H2,15,17). The van der Waals surface area contributed by atoms with Crippen LogP contribution in [0.3, 0.4) is 0 Å². The molecule has 4 nitrogen and oxygen atoms in total. The Balaban J connectivity index is 2.53. The highest BCUT2D eigenvalue weighted by atomic mass is 79.9. The van der Waals surface area contributed by atoms with E-state index >= 15 is 0 Å². The van der Waals surface area contributed by atoms with Gasteiger partial charge in [-0.25, -0.2) is 9.97 Å². The van der Waals surface area contributed by atoms with Gasteiger partial charge in [-0.3, -0.25) is 4.57 Å². The topological polar surface area (TPSA) is 56.7 Å². The van der Waals surface area contributed by atoms with E-state index in [0.29, 0.717) is 17.9 Å². The summed E-state index contributed by atoms with van der Waals surface area (Å²) in [7, 11) is 0. The summed E-state index contributed by atoms with van der Waals surface area (Å²) in [4.78, 5) is 8.84. The summed E-state index contributed by atoms with van der Waals surface area (Å²) in [6.45, 7) is 6.62. The predicted molar refractivity (Wildman–Crippen MR) is 78.4 cm³/mol. The Bertz CT molecular complexity index is 545. The smallest absolute Gasteiger partial charge is 0.202 e. The van der Waals surface area contributed by atoms with Crippen LogP contribution in [0.2, 0.25) is 0 Å². The van der Waals surface area contributed by atoms with Crippen LogP contribution < -0.4 is 5.73 Å². The number of hydrogen-bond donors (Lipinski definition) is 1. The minimum absolute atomic E-state index is 0.318. The van der Waals surface area contributed by atoms with Crippen LogP contribution in [0.15, 0.2) is 16.7 Å². The van der Waals surface area contributed by atoms with Crippen molar-refractivity contribution in [3.63, 3.8) is 0 Å². The molecule has 0 radical (unpaired) electrons. The van der Waals surface area contributed by atoms with Gasteiger partial charge in [0.15, 0.2) is 5.65 Å². The summed E-state index contributed by atoms with van der Waals surface area (Å²) in [5.41, 5.74) is 7.77. The first-order valence-corrected chi connectivity index (χ1v) is 7.16. The van der Waals surface area contributed by atoms with Crippen molar-refractivity contribution in [1.29, 1.82) is 0 Å². The van der Waals surface area contributed by atoms with E-state index < -0.39 is 0 Å². The average molecular weight is 311 g/mol. The molecule has 0 amide bonds. The molecule has 2 heterocycles. The number of anilines is 1. The third-order valence-corrected chi connectivity index (χ3v) is 4.10. The molecule has 5 heteroatoms. The normalized spacial score (nSPS) is 13.4. The van der Waals surface area contributed by atoms with Crippen molar-refractivity contribution in [3.8, 4) is 0 Å². The molecule has 1 atom stereocenters. The SMILES string of the molecule is CCC(CC)C(C)n1c(N)nc2cc(Br)cnc21. The molecule has 0 aromatic carbocycles. The van der Waals surface area contributed by atoms with Gasteiger partial charge in [-0.1, -0.05) is 26.7 Å².